The van der Waals surface area contributed by atoms with Gasteiger partial charge in [0.1, 0.15) is 0 Å². The van der Waals surface area contributed by atoms with Gasteiger partial charge in [-0.2, -0.15) is 83.4 Å². The van der Waals surface area contributed by atoms with E-state index in [1.165, 1.54) is 0 Å². The van der Waals surface area contributed by atoms with Gasteiger partial charge in [0.05, 0.1) is 13.2 Å². The predicted molar refractivity (Wildman–Crippen MR) is 72.4 cm³/mol. The average molecular weight is 570 g/mol. The van der Waals surface area contributed by atoms with Crippen molar-refractivity contribution in [3.63, 3.8) is 0 Å². The van der Waals surface area contributed by atoms with E-state index in [-0.39, 0.29) is 0 Å². The second-order valence-corrected chi connectivity index (χ2v) is 6.28. The van der Waals surface area contributed by atoms with Gasteiger partial charge in [-0.25, -0.2) is 0 Å². The van der Waals surface area contributed by atoms with Crippen LogP contribution in [-0.4, -0.2) is 71.9 Å². The minimum absolute atomic E-state index is 0.629. The fourth-order valence-corrected chi connectivity index (χ4v) is 2.03. The van der Waals surface area contributed by atoms with Crippen LogP contribution in [0.2, 0.25) is 0 Å². The quantitative estimate of drug-likeness (QED) is 0.226. The molecule has 0 aromatic heterocycles. The molecule has 0 saturated carbocycles. The van der Waals surface area contributed by atoms with E-state index in [2.05, 4.69) is 4.74 Å². The van der Waals surface area contributed by atoms with Crippen molar-refractivity contribution >= 4 is 0 Å². The van der Waals surface area contributed by atoms with E-state index in [9.17, 15) is 83.4 Å². The van der Waals surface area contributed by atoms with Crippen LogP contribution in [0.15, 0.2) is 11.8 Å². The Labute approximate surface area is 180 Å². The number of ether oxygens (including phenoxy) is 1. The average Bonchev–Trinajstić information content (AvgIpc) is 2.65. The normalized spacial score (nSPS) is 16.5. The van der Waals surface area contributed by atoms with Crippen molar-refractivity contribution in [2.24, 2.45) is 0 Å². The molecule has 1 N–H and O–H groups in total. The molecule has 0 spiro atoms. The molecule has 0 unspecified atom stereocenters. The van der Waals surface area contributed by atoms with E-state index in [0.717, 1.165) is 0 Å². The van der Waals surface area contributed by atoms with Gasteiger partial charge in [0.2, 0.25) is 0 Å². The van der Waals surface area contributed by atoms with Crippen LogP contribution < -0.4 is 0 Å². The van der Waals surface area contributed by atoms with Gasteiger partial charge in [0.15, 0.2) is 5.76 Å². The lowest BCUT2D eigenvalue weighted by molar-refractivity contribution is -0.468. The van der Waals surface area contributed by atoms with Gasteiger partial charge < -0.3 is 9.84 Å². The number of allylic oxidation sites excluding steroid dienone is 1. The monoisotopic (exact) mass is 570 g/mol. The Balaban J connectivity index is 7.05. The molecular weight excluding hydrogens is 561 g/mol. The predicted octanol–water partition coefficient (Wildman–Crippen LogP) is 6.54. The fraction of sp³-hybridized carbons (Fsp3) is 0.857. The third-order valence-electron chi connectivity index (χ3n) is 4.00. The molecule has 0 rings (SSSR count). The first-order valence-corrected chi connectivity index (χ1v) is 8.05. The lowest BCUT2D eigenvalue weighted by Gasteiger charge is -2.43. The molecule has 0 aliphatic carbocycles. The molecule has 0 bridgehead atoms. The van der Waals surface area contributed by atoms with Crippen LogP contribution >= 0.6 is 0 Å². The minimum atomic E-state index is -8.98. The Morgan fingerprint density at radius 2 is 0.829 bits per heavy atom. The molecule has 0 heterocycles. The summed E-state index contributed by atoms with van der Waals surface area (Å²) in [5.41, 5.74) is 0. The standard InChI is InChI=1S/C14H9F19O2/c1-2-35-5(3-4-34)6(15,16)7(17,18)8(19,20)9(21,22)10(23,24)11(25,26)12(27,28)13(29,30)14(31,32)33/h3,34H,2,4H2,1H3/b5-3+. The number of aliphatic hydroxyl groups excluding tert-OH is 1. The molecule has 0 aromatic carbocycles. The molecule has 0 atom stereocenters. The molecule has 210 valence electrons. The third-order valence-corrected chi connectivity index (χ3v) is 4.00. The van der Waals surface area contributed by atoms with E-state index in [1.807, 2.05) is 0 Å². The van der Waals surface area contributed by atoms with E-state index in [0.29, 0.717) is 6.92 Å². The topological polar surface area (TPSA) is 29.5 Å². The summed E-state index contributed by atoms with van der Waals surface area (Å²) in [6.45, 7) is -2.37. The largest absolute Gasteiger partial charge is 0.492 e. The summed E-state index contributed by atoms with van der Waals surface area (Å²) in [6.07, 6.45) is -8.55. The zero-order valence-electron chi connectivity index (χ0n) is 16.0. The van der Waals surface area contributed by atoms with Crippen LogP contribution in [0, 0.1) is 0 Å². The first-order valence-electron chi connectivity index (χ1n) is 8.05. The highest BCUT2D eigenvalue weighted by Crippen LogP contribution is 2.65. The Bertz CT molecular complexity index is 779. The summed E-state index contributed by atoms with van der Waals surface area (Å²) in [4.78, 5) is 0. The van der Waals surface area contributed by atoms with Crippen molar-refractivity contribution in [3.8, 4) is 0 Å². The maximum Gasteiger partial charge on any atom is 0.460 e. The van der Waals surface area contributed by atoms with Gasteiger partial charge >= 0.3 is 53.6 Å². The summed E-state index contributed by atoms with van der Waals surface area (Å²) in [6, 6.07) is 0. The van der Waals surface area contributed by atoms with Crippen molar-refractivity contribution in [3.05, 3.63) is 11.8 Å². The van der Waals surface area contributed by atoms with Crippen LogP contribution in [0.4, 0.5) is 83.4 Å². The number of halogens is 19. The Kier molecular flexibility index (Phi) is 8.46. The smallest absolute Gasteiger partial charge is 0.460 e. The molecule has 0 amide bonds. The van der Waals surface area contributed by atoms with Crippen LogP contribution in [-0.2, 0) is 4.74 Å². The van der Waals surface area contributed by atoms with Gasteiger partial charge in [-0.15, -0.1) is 0 Å². The zero-order chi connectivity index (χ0) is 28.9. The lowest BCUT2D eigenvalue weighted by atomic mass is 9.87. The maximum absolute atomic E-state index is 13.8. The number of aliphatic hydroxyl groups is 1. The summed E-state index contributed by atoms with van der Waals surface area (Å²) in [7, 11) is 0. The molecule has 2 nitrogen and oxygen atoms in total. The molecular formula is C14H9F19O2. The van der Waals surface area contributed by atoms with Crippen molar-refractivity contribution in [1.29, 1.82) is 0 Å². The van der Waals surface area contributed by atoms with Crippen LogP contribution in [0.25, 0.3) is 0 Å². The summed E-state index contributed by atoms with van der Waals surface area (Å²) in [5.74, 6) is -70.3. The van der Waals surface area contributed by atoms with Gasteiger partial charge in [0.25, 0.3) is 0 Å². The van der Waals surface area contributed by atoms with Gasteiger partial charge in [-0.3, -0.25) is 0 Å². The van der Waals surface area contributed by atoms with E-state index < -0.39 is 78.6 Å². The first-order chi connectivity index (χ1) is 15.0. The van der Waals surface area contributed by atoms with Crippen LogP contribution in [0.1, 0.15) is 6.92 Å². The molecule has 21 heteroatoms. The molecule has 0 fully saturated rings. The number of hydrogen-bond acceptors (Lipinski definition) is 2. The number of hydrogen-bond donors (Lipinski definition) is 1. The molecule has 35 heavy (non-hydrogen) atoms. The molecule has 0 aliphatic rings. The van der Waals surface area contributed by atoms with E-state index in [4.69, 9.17) is 5.11 Å². The molecule has 0 radical (unpaired) electrons. The second kappa shape index (κ2) is 8.93. The number of rotatable bonds is 11. The highest BCUT2D eigenvalue weighted by Gasteiger charge is 2.96. The summed E-state index contributed by atoms with van der Waals surface area (Å²) in [5, 5.41) is 8.39. The SMILES string of the molecule is CCO/C(=C/CO)C(F)(F)C(F)(F)C(F)(F)C(F)(F)C(F)(F)C(F)(F)C(F)(F)C(F)(F)C(F)(F)F. The van der Waals surface area contributed by atoms with Crippen molar-refractivity contribution in [1.82, 2.24) is 0 Å². The second-order valence-electron chi connectivity index (χ2n) is 6.28. The molecule has 0 aliphatic heterocycles. The first kappa shape index (κ1) is 33.2. The van der Waals surface area contributed by atoms with E-state index >= 15 is 0 Å². The minimum Gasteiger partial charge on any atom is -0.492 e. The number of alkyl halides is 19. The Morgan fingerprint density at radius 1 is 0.543 bits per heavy atom. The van der Waals surface area contributed by atoms with Crippen LogP contribution in [0.5, 0.6) is 0 Å². The Hall–Kier alpha value is -1.83. The Morgan fingerprint density at radius 3 is 1.09 bits per heavy atom. The van der Waals surface area contributed by atoms with E-state index in [1.54, 1.807) is 0 Å². The summed E-state index contributed by atoms with van der Waals surface area (Å²) >= 11 is 0. The van der Waals surface area contributed by atoms with Gasteiger partial charge in [-0.1, -0.05) is 0 Å². The van der Waals surface area contributed by atoms with Gasteiger partial charge in [-0.05, 0) is 13.0 Å². The highest BCUT2D eigenvalue weighted by atomic mass is 19.4. The van der Waals surface area contributed by atoms with Crippen molar-refractivity contribution in [2.45, 2.75) is 60.5 Å². The maximum atomic E-state index is 13.8. The van der Waals surface area contributed by atoms with Crippen molar-refractivity contribution < 1.29 is 93.3 Å². The highest BCUT2D eigenvalue weighted by molar-refractivity contribution is 5.21. The third kappa shape index (κ3) is 4.34. The fourth-order valence-electron chi connectivity index (χ4n) is 2.03. The zero-order valence-corrected chi connectivity index (χ0v) is 16.0. The van der Waals surface area contributed by atoms with Gasteiger partial charge in [0, 0.05) is 0 Å². The molecule has 0 aromatic rings. The lowest BCUT2D eigenvalue weighted by Crippen LogP contribution is -2.75. The molecule has 0 saturated heterocycles. The van der Waals surface area contributed by atoms with Crippen LogP contribution in [0.3, 0.4) is 0 Å². The van der Waals surface area contributed by atoms with Crippen molar-refractivity contribution in [2.75, 3.05) is 13.2 Å². The summed E-state index contributed by atoms with van der Waals surface area (Å²) < 4.78 is 254.